The van der Waals surface area contributed by atoms with Crippen molar-refractivity contribution in [2.75, 3.05) is 0 Å². The Bertz CT molecular complexity index is 2240. The van der Waals surface area contributed by atoms with Crippen molar-refractivity contribution in [1.29, 1.82) is 0 Å². The Morgan fingerprint density at radius 1 is 0.514 bits per heavy atom. The SMILES string of the molecule is CCC(C)(C)C(=O)OC12CC3CC(C(=O)O)(CC(C1)C(=O)O3)C2.CCC(C)(C)C(=O)OC12CC3CC(C(=O)OC(C)(C)C)(CC(C1)C(=O)O3)C2.CCC(C)(C)C(=O)OC12CC3CC(C)(C1)CC(C)(C2)C(=O)O3. The average molecular weight is 1010 g/mol. The Morgan fingerprint density at radius 2 is 0.917 bits per heavy atom. The molecule has 6 aliphatic heterocycles. The van der Waals surface area contributed by atoms with Crippen LogP contribution < -0.4 is 0 Å². The van der Waals surface area contributed by atoms with E-state index in [0.29, 0.717) is 77.0 Å². The zero-order valence-electron chi connectivity index (χ0n) is 45.7. The molecule has 0 aromatic rings. The first-order chi connectivity index (χ1) is 32.9. The normalized spacial score (nSPS) is 39.0. The molecule has 12 unspecified atom stereocenters. The van der Waals surface area contributed by atoms with Crippen LogP contribution in [0.1, 0.15) is 213 Å². The second-order valence-electron chi connectivity index (χ2n) is 27.6. The molecule has 0 spiro atoms. The first kappa shape index (κ1) is 55.5. The molecule has 72 heavy (non-hydrogen) atoms. The van der Waals surface area contributed by atoms with E-state index < -0.39 is 84.9 Å². The molecule has 16 heteroatoms. The number of aliphatic carboxylic acids is 1. The van der Waals surface area contributed by atoms with Crippen LogP contribution in [0.25, 0.3) is 0 Å². The third-order valence-corrected chi connectivity index (χ3v) is 18.4. The molecule has 12 bridgehead atoms. The van der Waals surface area contributed by atoms with Gasteiger partial charge in [0.25, 0.3) is 0 Å². The molecule has 0 aromatic carbocycles. The molecule has 6 aliphatic carbocycles. The van der Waals surface area contributed by atoms with Crippen LogP contribution in [0.4, 0.5) is 0 Å². The molecule has 12 fully saturated rings. The van der Waals surface area contributed by atoms with Crippen LogP contribution in [-0.2, 0) is 71.5 Å². The van der Waals surface area contributed by atoms with E-state index in [2.05, 4.69) is 6.92 Å². The number of hydrogen-bond donors (Lipinski definition) is 1. The largest absolute Gasteiger partial charge is 0.481 e. The Morgan fingerprint density at radius 3 is 1.36 bits per heavy atom. The number of carbonyl (C=O) groups is 8. The highest BCUT2D eigenvalue weighted by Gasteiger charge is 2.67. The minimum Gasteiger partial charge on any atom is -0.481 e. The number of esters is 7. The summed E-state index contributed by atoms with van der Waals surface area (Å²) >= 11 is 0. The molecule has 0 aromatic heterocycles. The number of fused-ring (bicyclic) bond motifs is 3. The standard InChI is InChI=1S/C21H32O6.C18H28O4.C17H24O6/c1-7-19(5,6)16(23)27-21-9-13-8-20(12-21,17(24)26-18(2,3)4)10-14(11-21)25-15(13)22;1-6-15(2,3)13(19)22-18-8-12-7-16(4,10-18)9-17(5,11-18)14(20)21-12;1-4-15(2,3)14(21)23-17-6-10-5-16(9-17,13(19)20)7-11(8-17)22-12(10)18/h13-14H,7-12H2,1-6H3;12H,6-11H2,1-5H3;10-11H,4-9H2,1-3H3,(H,19,20). The fourth-order valence-corrected chi connectivity index (χ4v) is 14.1. The maximum absolute atomic E-state index is 13.1. The molecule has 12 aliphatic rings. The van der Waals surface area contributed by atoms with Gasteiger partial charge in [0.1, 0.15) is 40.7 Å². The van der Waals surface area contributed by atoms with Crippen molar-refractivity contribution in [3.05, 3.63) is 0 Å². The van der Waals surface area contributed by atoms with Crippen molar-refractivity contribution in [1.82, 2.24) is 0 Å². The van der Waals surface area contributed by atoms with E-state index in [1.807, 2.05) is 90.0 Å². The number of carboxylic acids is 1. The number of ether oxygens (including phenoxy) is 7. The summed E-state index contributed by atoms with van der Waals surface area (Å²) in [4.78, 5) is 100. The van der Waals surface area contributed by atoms with E-state index in [0.717, 1.165) is 25.7 Å². The van der Waals surface area contributed by atoms with Gasteiger partial charge in [0.05, 0.1) is 44.3 Å². The first-order valence-electron chi connectivity index (χ1n) is 26.7. The average Bonchev–Trinajstić information content (AvgIpc) is 3.56. The zero-order valence-corrected chi connectivity index (χ0v) is 45.7. The number of rotatable bonds is 11. The van der Waals surface area contributed by atoms with Gasteiger partial charge < -0.3 is 38.3 Å². The Labute approximate surface area is 426 Å². The number of carbonyl (C=O) groups excluding carboxylic acids is 7. The van der Waals surface area contributed by atoms with E-state index in [1.165, 1.54) is 0 Å². The van der Waals surface area contributed by atoms with Gasteiger partial charge in [-0.1, -0.05) is 27.7 Å². The van der Waals surface area contributed by atoms with Crippen LogP contribution in [0, 0.1) is 49.7 Å². The van der Waals surface area contributed by atoms with E-state index in [-0.39, 0.29) is 66.1 Å². The number of hydrogen-bond acceptors (Lipinski definition) is 15. The van der Waals surface area contributed by atoms with E-state index >= 15 is 0 Å². The van der Waals surface area contributed by atoms with Gasteiger partial charge in [-0.25, -0.2) is 0 Å². The highest BCUT2D eigenvalue weighted by molar-refractivity contribution is 5.84. The molecule has 12 rings (SSSR count). The summed E-state index contributed by atoms with van der Waals surface area (Å²) < 4.78 is 40.5. The number of carboxylic acid groups (broad SMARTS) is 1. The van der Waals surface area contributed by atoms with Crippen LogP contribution in [0.2, 0.25) is 0 Å². The van der Waals surface area contributed by atoms with Crippen molar-refractivity contribution < 1.29 is 76.6 Å². The zero-order chi connectivity index (χ0) is 53.7. The molecule has 1 N–H and O–H groups in total. The topological polar surface area (TPSA) is 221 Å². The van der Waals surface area contributed by atoms with Gasteiger partial charge in [-0.15, -0.1) is 0 Å². The van der Waals surface area contributed by atoms with Crippen LogP contribution in [0.15, 0.2) is 0 Å². The summed E-state index contributed by atoms with van der Waals surface area (Å²) in [6.07, 6.45) is 8.73. The van der Waals surface area contributed by atoms with Crippen molar-refractivity contribution >= 4 is 47.8 Å². The van der Waals surface area contributed by atoms with Crippen LogP contribution in [-0.4, -0.2) is 93.6 Å². The van der Waals surface area contributed by atoms with Gasteiger partial charge in [-0.2, -0.15) is 0 Å². The summed E-state index contributed by atoms with van der Waals surface area (Å²) in [6, 6.07) is 0. The maximum Gasteiger partial charge on any atom is 0.312 e. The minimum atomic E-state index is -1.02. The van der Waals surface area contributed by atoms with Crippen molar-refractivity contribution in [3.8, 4) is 0 Å². The quantitative estimate of drug-likeness (QED) is 0.150. The molecule has 6 heterocycles. The molecule has 0 amide bonds. The lowest BCUT2D eigenvalue weighted by Crippen LogP contribution is -2.57. The third-order valence-electron chi connectivity index (χ3n) is 18.4. The molecule has 404 valence electrons. The predicted molar refractivity (Wildman–Crippen MR) is 259 cm³/mol. The summed E-state index contributed by atoms with van der Waals surface area (Å²) in [7, 11) is 0. The van der Waals surface area contributed by atoms with Crippen LogP contribution >= 0.6 is 0 Å². The third kappa shape index (κ3) is 10.7. The Hall–Kier alpha value is -4.24. The second-order valence-corrected chi connectivity index (χ2v) is 27.6. The summed E-state index contributed by atoms with van der Waals surface area (Å²) in [6.45, 7) is 26.8. The van der Waals surface area contributed by atoms with Crippen molar-refractivity contribution in [2.45, 2.75) is 253 Å². The molecule has 0 radical (unpaired) electrons. The second kappa shape index (κ2) is 18.3. The summed E-state index contributed by atoms with van der Waals surface area (Å²) in [5.74, 6) is -3.62. The van der Waals surface area contributed by atoms with E-state index in [9.17, 15) is 43.5 Å². The Kier molecular flexibility index (Phi) is 14.1. The summed E-state index contributed by atoms with van der Waals surface area (Å²) in [5.41, 5.74) is -6.93. The van der Waals surface area contributed by atoms with Crippen LogP contribution in [0.3, 0.4) is 0 Å². The lowest BCUT2D eigenvalue weighted by molar-refractivity contribution is -0.205. The molecule has 6 saturated carbocycles. The van der Waals surface area contributed by atoms with E-state index in [4.69, 9.17) is 33.2 Å². The smallest absolute Gasteiger partial charge is 0.312 e. The highest BCUT2D eigenvalue weighted by atomic mass is 16.6. The fraction of sp³-hybridized carbons (Fsp3) is 0.857. The molecule has 12 atom stereocenters. The van der Waals surface area contributed by atoms with Crippen molar-refractivity contribution in [3.63, 3.8) is 0 Å². The monoisotopic (exact) mass is 1010 g/mol. The highest BCUT2D eigenvalue weighted by Crippen LogP contribution is 2.63. The predicted octanol–water partition coefficient (Wildman–Crippen LogP) is 9.47. The van der Waals surface area contributed by atoms with Gasteiger partial charge >= 0.3 is 47.8 Å². The van der Waals surface area contributed by atoms with Crippen molar-refractivity contribution in [2.24, 2.45) is 49.7 Å². The molecule has 6 saturated heterocycles. The van der Waals surface area contributed by atoms with Gasteiger partial charge in [0.2, 0.25) is 0 Å². The first-order valence-corrected chi connectivity index (χ1v) is 26.7. The molecule has 16 nitrogen and oxygen atoms in total. The summed E-state index contributed by atoms with van der Waals surface area (Å²) in [5, 5.41) is 9.74. The lowest BCUT2D eigenvalue weighted by atomic mass is 9.53. The van der Waals surface area contributed by atoms with E-state index in [1.54, 1.807) is 0 Å². The van der Waals surface area contributed by atoms with Gasteiger partial charge in [-0.3, -0.25) is 38.4 Å². The lowest BCUT2D eigenvalue weighted by Gasteiger charge is -2.54. The molecular weight excluding hydrogens is 929 g/mol. The maximum atomic E-state index is 13.1. The van der Waals surface area contributed by atoms with Gasteiger partial charge in [0, 0.05) is 64.2 Å². The van der Waals surface area contributed by atoms with Gasteiger partial charge in [-0.05, 0) is 126 Å². The Balaban J connectivity index is 0.000000159. The van der Waals surface area contributed by atoms with Gasteiger partial charge in [0.15, 0.2) is 0 Å². The molecular formula is C56H84O16. The fourth-order valence-electron chi connectivity index (χ4n) is 14.1. The van der Waals surface area contributed by atoms with Crippen LogP contribution in [0.5, 0.6) is 0 Å². The minimum absolute atomic E-state index is 0.0265.